The third-order valence-electron chi connectivity index (χ3n) is 3.48. The van der Waals surface area contributed by atoms with Gasteiger partial charge in [-0.1, -0.05) is 6.42 Å². The number of ether oxygens (including phenoxy) is 1. The number of piperidine rings is 1. The van der Waals surface area contributed by atoms with Crippen LogP contribution in [0.1, 0.15) is 19.3 Å². The molecule has 100 valence electrons. The van der Waals surface area contributed by atoms with Crippen LogP contribution >= 0.6 is 0 Å². The van der Waals surface area contributed by atoms with Crippen LogP contribution in [-0.4, -0.2) is 37.2 Å². The first-order chi connectivity index (χ1) is 8.79. The molecule has 1 aliphatic rings. The maximum atomic E-state index is 12.7. The van der Waals surface area contributed by atoms with Crippen molar-refractivity contribution in [3.63, 3.8) is 0 Å². The van der Waals surface area contributed by atoms with Crippen LogP contribution in [0.5, 0.6) is 5.75 Å². The van der Waals surface area contributed by atoms with Crippen LogP contribution in [0.25, 0.3) is 0 Å². The fraction of sp³-hybridized carbons (Fsp3) is 0.571. The molecule has 4 heteroatoms. The minimum Gasteiger partial charge on any atom is -0.492 e. The van der Waals surface area contributed by atoms with E-state index in [1.54, 1.807) is 12.1 Å². The molecule has 0 amide bonds. The van der Waals surface area contributed by atoms with Crippen LogP contribution in [0.2, 0.25) is 0 Å². The van der Waals surface area contributed by atoms with Crippen molar-refractivity contribution in [2.24, 2.45) is 5.73 Å². The SMILES string of the molecule is NCC1CCCCN1CCOc1ccc(F)cc1. The number of hydrogen-bond donors (Lipinski definition) is 1. The van der Waals surface area contributed by atoms with Crippen molar-refractivity contribution < 1.29 is 9.13 Å². The number of likely N-dealkylation sites (tertiary alicyclic amines) is 1. The fourth-order valence-corrected chi connectivity index (χ4v) is 2.43. The van der Waals surface area contributed by atoms with Crippen LogP contribution in [0.15, 0.2) is 24.3 Å². The molecular formula is C14H21FN2O. The van der Waals surface area contributed by atoms with Gasteiger partial charge in [0, 0.05) is 19.1 Å². The summed E-state index contributed by atoms with van der Waals surface area (Å²) < 4.78 is 18.3. The smallest absolute Gasteiger partial charge is 0.123 e. The Morgan fingerprint density at radius 2 is 2.06 bits per heavy atom. The van der Waals surface area contributed by atoms with E-state index in [2.05, 4.69) is 4.90 Å². The van der Waals surface area contributed by atoms with Crippen LogP contribution in [0, 0.1) is 5.82 Å². The summed E-state index contributed by atoms with van der Waals surface area (Å²) in [5.41, 5.74) is 5.77. The van der Waals surface area contributed by atoms with E-state index >= 15 is 0 Å². The monoisotopic (exact) mass is 252 g/mol. The molecular weight excluding hydrogens is 231 g/mol. The van der Waals surface area contributed by atoms with Crippen molar-refractivity contribution in [3.8, 4) is 5.75 Å². The molecule has 1 fully saturated rings. The van der Waals surface area contributed by atoms with E-state index in [1.807, 2.05) is 0 Å². The Morgan fingerprint density at radius 3 is 2.78 bits per heavy atom. The predicted octanol–water partition coefficient (Wildman–Crippen LogP) is 2.02. The van der Waals surface area contributed by atoms with Crippen molar-refractivity contribution in [1.29, 1.82) is 0 Å². The van der Waals surface area contributed by atoms with Gasteiger partial charge in [0.25, 0.3) is 0 Å². The Kier molecular flexibility index (Phi) is 4.96. The first kappa shape index (κ1) is 13.3. The van der Waals surface area contributed by atoms with Crippen molar-refractivity contribution in [3.05, 3.63) is 30.1 Å². The lowest BCUT2D eigenvalue weighted by atomic mass is 10.0. The van der Waals surface area contributed by atoms with Crippen LogP contribution in [-0.2, 0) is 0 Å². The molecule has 2 rings (SSSR count). The maximum absolute atomic E-state index is 12.7. The van der Waals surface area contributed by atoms with Gasteiger partial charge < -0.3 is 10.5 Å². The van der Waals surface area contributed by atoms with Gasteiger partial charge >= 0.3 is 0 Å². The van der Waals surface area contributed by atoms with E-state index in [-0.39, 0.29) is 5.82 Å². The van der Waals surface area contributed by atoms with Gasteiger partial charge in [0.15, 0.2) is 0 Å². The summed E-state index contributed by atoms with van der Waals surface area (Å²) in [6.07, 6.45) is 3.71. The number of hydrogen-bond acceptors (Lipinski definition) is 3. The van der Waals surface area contributed by atoms with Crippen molar-refractivity contribution in [1.82, 2.24) is 4.90 Å². The molecule has 18 heavy (non-hydrogen) atoms. The molecule has 2 N–H and O–H groups in total. The quantitative estimate of drug-likeness (QED) is 0.871. The van der Waals surface area contributed by atoms with Crippen LogP contribution in [0.3, 0.4) is 0 Å². The summed E-state index contributed by atoms with van der Waals surface area (Å²) in [7, 11) is 0. The molecule has 3 nitrogen and oxygen atoms in total. The van der Waals surface area contributed by atoms with E-state index in [0.29, 0.717) is 12.6 Å². The lowest BCUT2D eigenvalue weighted by Crippen LogP contribution is -2.45. The standard InChI is InChI=1S/C14H21FN2O/c15-12-4-6-14(7-5-12)18-10-9-17-8-2-1-3-13(17)11-16/h4-7,13H,1-3,8-11,16H2. The van der Waals surface area contributed by atoms with E-state index in [9.17, 15) is 4.39 Å². The first-order valence-electron chi connectivity index (χ1n) is 6.62. The molecule has 0 aromatic heterocycles. The van der Waals surface area contributed by atoms with Crippen molar-refractivity contribution >= 4 is 0 Å². The fourth-order valence-electron chi connectivity index (χ4n) is 2.43. The van der Waals surface area contributed by atoms with Crippen LogP contribution < -0.4 is 10.5 Å². The largest absolute Gasteiger partial charge is 0.492 e. The summed E-state index contributed by atoms with van der Waals surface area (Å²) in [5, 5.41) is 0. The van der Waals surface area contributed by atoms with Gasteiger partial charge in [-0.3, -0.25) is 4.90 Å². The third-order valence-corrected chi connectivity index (χ3v) is 3.48. The lowest BCUT2D eigenvalue weighted by Gasteiger charge is -2.34. The van der Waals surface area contributed by atoms with Gasteiger partial charge in [0.05, 0.1) is 0 Å². The van der Waals surface area contributed by atoms with Crippen molar-refractivity contribution in [2.75, 3.05) is 26.2 Å². The molecule has 1 heterocycles. The summed E-state index contributed by atoms with van der Waals surface area (Å²) in [4.78, 5) is 2.40. The zero-order valence-corrected chi connectivity index (χ0v) is 10.6. The second kappa shape index (κ2) is 6.71. The van der Waals surface area contributed by atoms with Gasteiger partial charge in [-0.05, 0) is 43.7 Å². The molecule has 0 saturated carbocycles. The van der Waals surface area contributed by atoms with Crippen molar-refractivity contribution in [2.45, 2.75) is 25.3 Å². The van der Waals surface area contributed by atoms with Gasteiger partial charge in [0.1, 0.15) is 18.2 Å². The molecule has 1 saturated heterocycles. The van der Waals surface area contributed by atoms with Crippen LogP contribution in [0.4, 0.5) is 4.39 Å². The number of benzene rings is 1. The highest BCUT2D eigenvalue weighted by Crippen LogP contribution is 2.16. The Hall–Kier alpha value is -1.13. The molecule has 1 aromatic carbocycles. The second-order valence-electron chi connectivity index (χ2n) is 4.72. The Morgan fingerprint density at radius 1 is 1.28 bits per heavy atom. The maximum Gasteiger partial charge on any atom is 0.123 e. The summed E-state index contributed by atoms with van der Waals surface area (Å²) in [6, 6.07) is 6.64. The molecule has 1 aliphatic heterocycles. The average Bonchev–Trinajstić information content (AvgIpc) is 2.41. The Balaban J connectivity index is 1.75. The molecule has 0 bridgehead atoms. The number of rotatable bonds is 5. The highest BCUT2D eigenvalue weighted by atomic mass is 19.1. The molecule has 1 atom stereocenters. The lowest BCUT2D eigenvalue weighted by molar-refractivity contribution is 0.127. The highest BCUT2D eigenvalue weighted by Gasteiger charge is 2.20. The summed E-state index contributed by atoms with van der Waals surface area (Å²) in [6.45, 7) is 3.34. The number of nitrogens with two attached hydrogens (primary N) is 1. The zero-order chi connectivity index (χ0) is 12.8. The minimum atomic E-state index is -0.235. The molecule has 0 spiro atoms. The topological polar surface area (TPSA) is 38.5 Å². The number of nitrogens with zero attached hydrogens (tertiary/aromatic N) is 1. The second-order valence-corrected chi connectivity index (χ2v) is 4.72. The Labute approximate surface area is 108 Å². The van der Waals surface area contributed by atoms with Gasteiger partial charge in [0.2, 0.25) is 0 Å². The minimum absolute atomic E-state index is 0.235. The molecule has 1 unspecified atom stereocenters. The van der Waals surface area contributed by atoms with E-state index in [4.69, 9.17) is 10.5 Å². The first-order valence-corrected chi connectivity index (χ1v) is 6.62. The predicted molar refractivity (Wildman–Crippen MR) is 70.2 cm³/mol. The zero-order valence-electron chi connectivity index (χ0n) is 10.6. The summed E-state index contributed by atoms with van der Waals surface area (Å²) >= 11 is 0. The molecule has 1 aromatic rings. The van der Waals surface area contributed by atoms with E-state index in [0.717, 1.165) is 25.4 Å². The molecule has 0 aliphatic carbocycles. The van der Waals surface area contributed by atoms with E-state index in [1.165, 1.54) is 31.4 Å². The third kappa shape index (κ3) is 3.68. The van der Waals surface area contributed by atoms with E-state index < -0.39 is 0 Å². The Bertz CT molecular complexity index is 355. The van der Waals surface area contributed by atoms with Gasteiger partial charge in [-0.15, -0.1) is 0 Å². The highest BCUT2D eigenvalue weighted by molar-refractivity contribution is 5.21. The average molecular weight is 252 g/mol. The summed E-state index contributed by atoms with van der Waals surface area (Å²) in [5.74, 6) is 0.485. The van der Waals surface area contributed by atoms with Gasteiger partial charge in [-0.2, -0.15) is 0 Å². The molecule has 0 radical (unpaired) electrons. The van der Waals surface area contributed by atoms with Gasteiger partial charge in [-0.25, -0.2) is 4.39 Å². The number of halogens is 1. The normalized spacial score (nSPS) is 20.9.